The van der Waals surface area contributed by atoms with Gasteiger partial charge in [-0.2, -0.15) is 0 Å². The van der Waals surface area contributed by atoms with Gasteiger partial charge in [0.2, 0.25) is 11.8 Å². The fourth-order valence-electron chi connectivity index (χ4n) is 5.59. The van der Waals surface area contributed by atoms with Gasteiger partial charge in [0, 0.05) is 47.5 Å². The van der Waals surface area contributed by atoms with Gasteiger partial charge in [-0.3, -0.25) is 14.6 Å². The van der Waals surface area contributed by atoms with E-state index in [2.05, 4.69) is 50.2 Å². The zero-order chi connectivity index (χ0) is 29.6. The molecule has 43 heavy (non-hydrogen) atoms. The molecule has 0 aliphatic heterocycles. The summed E-state index contributed by atoms with van der Waals surface area (Å²) in [5, 5.41) is 11.5. The quantitative estimate of drug-likeness (QED) is 0.153. The minimum Gasteiger partial charge on any atom is -0.480 e. The summed E-state index contributed by atoms with van der Waals surface area (Å²) in [5.74, 6) is 0.690. The van der Waals surface area contributed by atoms with E-state index in [0.717, 1.165) is 69.0 Å². The van der Waals surface area contributed by atoms with Crippen LogP contribution < -0.4 is 20.7 Å². The number of hydrogen-bond donors (Lipinski definition) is 3. The Kier molecular flexibility index (Phi) is 9.12. The van der Waals surface area contributed by atoms with Gasteiger partial charge >= 0.3 is 0 Å². The van der Waals surface area contributed by atoms with Crippen molar-refractivity contribution in [1.29, 1.82) is 0 Å². The van der Waals surface area contributed by atoms with Crippen molar-refractivity contribution in [2.24, 2.45) is 5.92 Å². The van der Waals surface area contributed by atoms with Crippen molar-refractivity contribution < 1.29 is 14.3 Å². The molecule has 6 rings (SSSR count). The summed E-state index contributed by atoms with van der Waals surface area (Å²) < 4.78 is 5.42. The summed E-state index contributed by atoms with van der Waals surface area (Å²) in [6, 6.07) is 12.0. The Morgan fingerprint density at radius 1 is 1.00 bits per heavy atom. The smallest absolute Gasteiger partial charge is 0.267 e. The average Bonchev–Trinajstić information content (AvgIpc) is 3.80. The van der Waals surface area contributed by atoms with Crippen LogP contribution in [0.4, 0.5) is 11.5 Å². The van der Waals surface area contributed by atoms with E-state index in [1.54, 1.807) is 12.3 Å². The van der Waals surface area contributed by atoms with Crippen molar-refractivity contribution in [3.05, 3.63) is 58.7 Å². The van der Waals surface area contributed by atoms with Crippen LogP contribution >= 0.6 is 11.3 Å². The lowest BCUT2D eigenvalue weighted by Crippen LogP contribution is -2.24. The number of rotatable bonds is 13. The number of fused-ring (bicyclic) bond motifs is 2. The first-order chi connectivity index (χ1) is 21.1. The molecule has 1 aromatic carbocycles. The molecule has 3 aromatic heterocycles. The monoisotopic (exact) mass is 598 g/mol. The van der Waals surface area contributed by atoms with E-state index < -0.39 is 0 Å². The number of aromatic nitrogens is 3. The van der Waals surface area contributed by atoms with Crippen LogP contribution in [0.2, 0.25) is 0 Å². The van der Waals surface area contributed by atoms with Crippen LogP contribution in [0.1, 0.15) is 72.3 Å². The highest BCUT2D eigenvalue weighted by Crippen LogP contribution is 2.35. The molecule has 0 unspecified atom stereocenters. The highest BCUT2D eigenvalue weighted by Gasteiger charge is 2.30. The Bertz CT molecular complexity index is 1620. The molecule has 0 bridgehead atoms. The van der Waals surface area contributed by atoms with E-state index in [9.17, 15) is 9.59 Å². The van der Waals surface area contributed by atoms with Gasteiger partial charge in [0.1, 0.15) is 10.8 Å². The van der Waals surface area contributed by atoms with Gasteiger partial charge in [-0.1, -0.05) is 31.0 Å². The first-order valence-electron chi connectivity index (χ1n) is 15.4. The first-order valence-corrected chi connectivity index (χ1v) is 16.2. The van der Waals surface area contributed by atoms with Crippen LogP contribution in [0.3, 0.4) is 0 Å². The number of carbonyl (C=O) groups excluding carboxylic acids is 2. The van der Waals surface area contributed by atoms with E-state index >= 15 is 0 Å². The molecular formula is C33H38N6O3S. The number of para-hydroxylation sites is 1. The van der Waals surface area contributed by atoms with Crippen LogP contribution in [0, 0.1) is 5.92 Å². The summed E-state index contributed by atoms with van der Waals surface area (Å²) in [5.41, 5.74) is 5.79. The van der Waals surface area contributed by atoms with E-state index in [4.69, 9.17) is 9.72 Å². The molecule has 3 heterocycles. The van der Waals surface area contributed by atoms with Crippen molar-refractivity contribution in [3.63, 3.8) is 0 Å². The third kappa shape index (κ3) is 6.96. The number of hydrogen-bond acceptors (Lipinski definition) is 8. The zero-order valence-corrected chi connectivity index (χ0v) is 25.4. The zero-order valence-electron chi connectivity index (χ0n) is 24.6. The molecule has 1 fully saturated rings. The molecule has 10 heteroatoms. The lowest BCUT2D eigenvalue weighted by molar-refractivity contribution is -0.117. The minimum atomic E-state index is -0.187. The Morgan fingerprint density at radius 3 is 2.65 bits per heavy atom. The number of methoxy groups -OCH3 is 1. The number of nitrogens with one attached hydrogen (secondary N) is 3. The number of anilines is 2. The largest absolute Gasteiger partial charge is 0.480 e. The normalized spacial score (nSPS) is 14.3. The number of carbonyl (C=O) groups is 2. The van der Waals surface area contributed by atoms with E-state index in [1.807, 2.05) is 6.07 Å². The standard InChI is InChI=1S/C33H38N6O3S/c1-42-32-29(43-33(39-32)22-16-19-34-27(20-22)38-30(40)21-14-15-21)31(41)36-18-9-3-2-8-17-35-28-23-10-4-6-12-25(23)37-26-13-7-5-11-24(26)28/h4,6,10,12,16,19-21H,2-3,5,7-9,11,13-15,17-18H2,1H3,(H,35,37)(H,36,41)(H,34,38,40). The maximum absolute atomic E-state index is 13.0. The second-order valence-electron chi connectivity index (χ2n) is 11.3. The van der Waals surface area contributed by atoms with Crippen molar-refractivity contribution in [2.45, 2.75) is 64.2 Å². The molecule has 1 saturated carbocycles. The molecule has 0 spiro atoms. The highest BCUT2D eigenvalue weighted by atomic mass is 32.1. The van der Waals surface area contributed by atoms with Crippen molar-refractivity contribution in [1.82, 2.24) is 20.3 Å². The van der Waals surface area contributed by atoms with Gasteiger partial charge < -0.3 is 20.7 Å². The van der Waals surface area contributed by atoms with E-state index in [-0.39, 0.29) is 17.7 Å². The van der Waals surface area contributed by atoms with Crippen molar-refractivity contribution in [3.8, 4) is 16.5 Å². The second kappa shape index (κ2) is 13.5. The number of ether oxygens (including phenoxy) is 1. The number of nitrogens with zero attached hydrogens (tertiary/aromatic N) is 3. The Hall–Kier alpha value is -4.05. The topological polar surface area (TPSA) is 118 Å². The van der Waals surface area contributed by atoms with Gasteiger partial charge in [0.15, 0.2) is 4.88 Å². The lowest BCUT2D eigenvalue weighted by Gasteiger charge is -2.21. The van der Waals surface area contributed by atoms with Gasteiger partial charge in [0.25, 0.3) is 5.91 Å². The third-order valence-corrected chi connectivity index (χ3v) is 9.15. The molecule has 2 amide bonds. The maximum atomic E-state index is 13.0. The molecular weight excluding hydrogens is 560 g/mol. The van der Waals surface area contributed by atoms with Crippen molar-refractivity contribution >= 4 is 45.6 Å². The minimum absolute atomic E-state index is 0.00130. The van der Waals surface area contributed by atoms with Crippen molar-refractivity contribution in [2.75, 3.05) is 30.8 Å². The van der Waals surface area contributed by atoms with E-state index in [1.165, 1.54) is 53.6 Å². The number of benzene rings is 1. The first kappa shape index (κ1) is 29.0. The number of thiazole rings is 1. The van der Waals surface area contributed by atoms with Crippen LogP contribution in [0.15, 0.2) is 42.6 Å². The Morgan fingerprint density at radius 2 is 1.81 bits per heavy atom. The van der Waals surface area contributed by atoms with Crippen LogP contribution in [0.25, 0.3) is 21.5 Å². The maximum Gasteiger partial charge on any atom is 0.267 e. The summed E-state index contributed by atoms with van der Waals surface area (Å²) in [6.45, 7) is 1.52. The van der Waals surface area contributed by atoms with Gasteiger partial charge in [-0.05, 0) is 75.1 Å². The molecule has 3 N–H and O–H groups in total. The second-order valence-corrected chi connectivity index (χ2v) is 12.3. The summed E-state index contributed by atoms with van der Waals surface area (Å²) in [6.07, 6.45) is 12.2. The number of unbranched alkanes of at least 4 members (excludes halogenated alkanes) is 3. The number of amides is 2. The molecule has 0 saturated heterocycles. The predicted molar refractivity (Wildman–Crippen MR) is 171 cm³/mol. The fraction of sp³-hybridized carbons (Fsp3) is 0.424. The number of aryl methyl sites for hydroxylation is 1. The molecule has 2 aliphatic carbocycles. The molecule has 4 aromatic rings. The van der Waals surface area contributed by atoms with Gasteiger partial charge in [-0.25, -0.2) is 9.97 Å². The van der Waals surface area contributed by atoms with Crippen LogP contribution in [-0.4, -0.2) is 47.0 Å². The van der Waals surface area contributed by atoms with Gasteiger partial charge in [-0.15, -0.1) is 11.3 Å². The van der Waals surface area contributed by atoms with Gasteiger partial charge in [0.05, 0.1) is 12.6 Å². The fourth-order valence-corrected chi connectivity index (χ4v) is 6.54. The van der Waals surface area contributed by atoms with Crippen LogP contribution in [0.5, 0.6) is 5.88 Å². The molecule has 9 nitrogen and oxygen atoms in total. The lowest BCUT2D eigenvalue weighted by atomic mass is 9.92. The summed E-state index contributed by atoms with van der Waals surface area (Å²) in [4.78, 5) is 39.2. The summed E-state index contributed by atoms with van der Waals surface area (Å²) in [7, 11) is 1.52. The van der Waals surface area contributed by atoms with E-state index in [0.29, 0.717) is 28.1 Å². The Labute approximate surface area is 255 Å². The third-order valence-electron chi connectivity index (χ3n) is 8.06. The average molecular weight is 599 g/mol. The molecule has 0 atom stereocenters. The predicted octanol–water partition coefficient (Wildman–Crippen LogP) is 6.39. The van der Waals surface area contributed by atoms with Crippen LogP contribution in [-0.2, 0) is 17.6 Å². The molecule has 0 radical (unpaired) electrons. The summed E-state index contributed by atoms with van der Waals surface area (Å²) >= 11 is 1.27. The SMILES string of the molecule is COc1nc(-c2ccnc(NC(=O)C3CC3)c2)sc1C(=O)NCCCCCCNc1c2c(nc3ccccc13)CCCC2. The highest BCUT2D eigenvalue weighted by molar-refractivity contribution is 7.17. The Balaban J connectivity index is 0.962. The number of pyridine rings is 2. The molecule has 224 valence electrons. The molecule has 2 aliphatic rings.